The van der Waals surface area contributed by atoms with Crippen molar-refractivity contribution in [2.24, 2.45) is 4.99 Å². The van der Waals surface area contributed by atoms with E-state index >= 15 is 0 Å². The third-order valence-corrected chi connectivity index (χ3v) is 6.59. The first-order valence-electron chi connectivity index (χ1n) is 13.1. The minimum atomic E-state index is -1.81. The van der Waals surface area contributed by atoms with Gasteiger partial charge in [-0.1, -0.05) is 18.0 Å². The maximum absolute atomic E-state index is 13.9. The summed E-state index contributed by atoms with van der Waals surface area (Å²) in [5.41, 5.74) is 0.396. The van der Waals surface area contributed by atoms with Crippen LogP contribution in [0, 0.1) is 5.82 Å². The minimum absolute atomic E-state index is 0.0412. The third kappa shape index (κ3) is 8.59. The number of amides is 1. The van der Waals surface area contributed by atoms with E-state index in [-0.39, 0.29) is 17.2 Å². The van der Waals surface area contributed by atoms with E-state index in [1.165, 1.54) is 58.0 Å². The maximum atomic E-state index is 13.9. The normalized spacial score (nSPS) is 17.9. The second kappa shape index (κ2) is 14.2. The number of hydrogen-bond acceptors (Lipinski definition) is 5. The Labute approximate surface area is 224 Å². The number of nitrogens with one attached hydrogen (secondary N) is 1. The first-order valence-corrected chi connectivity index (χ1v) is 13.0. The molecular formula is C28H36ClF2N3O3. The van der Waals surface area contributed by atoms with Crippen LogP contribution in [0.5, 0.6) is 11.5 Å². The highest BCUT2D eigenvalue weighted by Crippen LogP contribution is 2.29. The highest BCUT2D eigenvalue weighted by atomic mass is 35.5. The van der Waals surface area contributed by atoms with Gasteiger partial charge in [-0.2, -0.15) is 0 Å². The molecule has 202 valence electrons. The Balaban J connectivity index is 0.000000299. The highest BCUT2D eigenvalue weighted by Gasteiger charge is 2.20. The van der Waals surface area contributed by atoms with Crippen LogP contribution in [0.3, 0.4) is 0 Å². The number of hydrogen-bond donors (Lipinski definition) is 1. The van der Waals surface area contributed by atoms with Crippen molar-refractivity contribution in [3.63, 3.8) is 0 Å². The molecule has 2 atom stereocenters. The van der Waals surface area contributed by atoms with Gasteiger partial charge in [-0.25, -0.2) is 8.78 Å². The van der Waals surface area contributed by atoms with Crippen LogP contribution in [-0.2, 0) is 11.4 Å². The summed E-state index contributed by atoms with van der Waals surface area (Å²) in [6, 6.07) is 7.15. The van der Waals surface area contributed by atoms with Crippen LogP contribution in [0.4, 0.5) is 8.78 Å². The highest BCUT2D eigenvalue weighted by molar-refractivity contribution is 6.31. The van der Waals surface area contributed by atoms with Gasteiger partial charge in [-0.15, -0.1) is 0 Å². The molecule has 0 radical (unpaired) electrons. The van der Waals surface area contributed by atoms with Gasteiger partial charge in [0.2, 0.25) is 0 Å². The number of amidine groups is 1. The molecular weight excluding hydrogens is 500 g/mol. The van der Waals surface area contributed by atoms with Crippen molar-refractivity contribution < 1.29 is 24.4 Å². The number of ether oxygens (including phenoxy) is 2. The fourth-order valence-corrected chi connectivity index (χ4v) is 4.46. The van der Waals surface area contributed by atoms with Crippen molar-refractivity contribution in [3.05, 3.63) is 58.4 Å². The van der Waals surface area contributed by atoms with Crippen molar-refractivity contribution in [2.45, 2.75) is 64.7 Å². The largest absolute Gasteiger partial charge is 0.497 e. The number of methoxy groups -OCH3 is 1. The average Bonchev–Trinajstić information content (AvgIpc) is 3.14. The van der Waals surface area contributed by atoms with Crippen LogP contribution >= 0.6 is 11.6 Å². The summed E-state index contributed by atoms with van der Waals surface area (Å²) in [5.74, 6) is 0.910. The second-order valence-electron chi connectivity index (χ2n) is 9.06. The van der Waals surface area contributed by atoms with Crippen LogP contribution < -0.4 is 14.8 Å². The zero-order chi connectivity index (χ0) is 27.7. The SMILES string of the molecule is C1CCC2=NCCCN2CC1.[2H]C(C)(NC(=O)C(C)F)c1cc(F)cc(Cl)c1COc1ccc(OC)cc1. The number of fused-ring (bicyclic) bond motifs is 1. The van der Waals surface area contributed by atoms with E-state index < -0.39 is 23.9 Å². The Hall–Kier alpha value is -2.87. The molecule has 0 spiro atoms. The predicted octanol–water partition coefficient (Wildman–Crippen LogP) is 6.27. The molecule has 1 saturated heterocycles. The van der Waals surface area contributed by atoms with E-state index in [4.69, 9.17) is 22.4 Å². The van der Waals surface area contributed by atoms with Crippen LogP contribution in [-0.4, -0.2) is 49.6 Å². The van der Waals surface area contributed by atoms with Crippen LogP contribution in [0.1, 0.15) is 64.5 Å². The molecule has 1 fully saturated rings. The fourth-order valence-electron chi connectivity index (χ4n) is 4.20. The first-order chi connectivity index (χ1) is 18.1. The second-order valence-corrected chi connectivity index (χ2v) is 9.46. The summed E-state index contributed by atoms with van der Waals surface area (Å²) >= 11 is 6.14. The van der Waals surface area contributed by atoms with E-state index in [1.54, 1.807) is 31.4 Å². The standard InChI is InChI=1S/C19H20ClF2NO3.C9H16N2/c1-11(21)19(24)23-12(2)16-8-13(22)9-18(20)17(16)10-26-15-6-4-14(25-3)5-7-15;1-2-5-9-10-6-4-8-11(9)7-3-1/h4-9,11-12H,10H2,1-3H3,(H,23,24);1-8H2/i12D;. The number of halogens is 3. The maximum Gasteiger partial charge on any atom is 0.254 e. The smallest absolute Gasteiger partial charge is 0.254 e. The van der Waals surface area contributed by atoms with Crippen LogP contribution in [0.2, 0.25) is 5.02 Å². The van der Waals surface area contributed by atoms with Crippen molar-refractivity contribution in [3.8, 4) is 11.5 Å². The van der Waals surface area contributed by atoms with E-state index in [0.29, 0.717) is 17.1 Å². The van der Waals surface area contributed by atoms with Crippen molar-refractivity contribution in [1.29, 1.82) is 0 Å². The molecule has 1 N–H and O–H groups in total. The van der Waals surface area contributed by atoms with Gasteiger partial charge < -0.3 is 19.7 Å². The van der Waals surface area contributed by atoms with E-state index in [0.717, 1.165) is 25.6 Å². The van der Waals surface area contributed by atoms with Gasteiger partial charge in [0, 0.05) is 31.6 Å². The van der Waals surface area contributed by atoms with Gasteiger partial charge in [-0.3, -0.25) is 9.79 Å². The number of rotatable bonds is 7. The van der Waals surface area contributed by atoms with Crippen molar-refractivity contribution in [2.75, 3.05) is 26.7 Å². The summed E-state index contributed by atoms with van der Waals surface area (Å²) in [5, 5.41) is 2.28. The predicted molar refractivity (Wildman–Crippen MR) is 143 cm³/mol. The molecule has 2 aliphatic heterocycles. The molecule has 9 heteroatoms. The lowest BCUT2D eigenvalue weighted by Crippen LogP contribution is -2.34. The summed E-state index contributed by atoms with van der Waals surface area (Å²) in [4.78, 5) is 18.7. The Bertz CT molecular complexity index is 1110. The fraction of sp³-hybridized carbons (Fsp3) is 0.500. The first kappa shape index (κ1) is 27.2. The zero-order valence-corrected chi connectivity index (χ0v) is 22.4. The summed E-state index contributed by atoms with van der Waals surface area (Å²) < 4.78 is 46.2. The third-order valence-electron chi connectivity index (χ3n) is 6.25. The topological polar surface area (TPSA) is 63.2 Å². The van der Waals surface area contributed by atoms with E-state index in [1.807, 2.05) is 0 Å². The lowest BCUT2D eigenvalue weighted by Gasteiger charge is -2.27. The molecule has 0 bridgehead atoms. The zero-order valence-electron chi connectivity index (χ0n) is 22.7. The number of carbonyl (C=O) groups excluding carboxylic acids is 1. The average molecular weight is 537 g/mol. The van der Waals surface area contributed by atoms with Gasteiger partial charge >= 0.3 is 0 Å². The van der Waals surface area contributed by atoms with Crippen LogP contribution in [0.15, 0.2) is 41.4 Å². The van der Waals surface area contributed by atoms with Crippen LogP contribution in [0.25, 0.3) is 0 Å². The summed E-state index contributed by atoms with van der Waals surface area (Å²) in [7, 11) is 1.54. The molecule has 0 saturated carbocycles. The minimum Gasteiger partial charge on any atom is -0.497 e. The quantitative estimate of drug-likeness (QED) is 0.453. The molecule has 6 nitrogen and oxygen atoms in total. The molecule has 2 aromatic carbocycles. The Morgan fingerprint density at radius 2 is 1.86 bits per heavy atom. The lowest BCUT2D eigenvalue weighted by atomic mass is 10.0. The molecule has 0 aliphatic carbocycles. The van der Waals surface area contributed by atoms with Gasteiger partial charge in [0.25, 0.3) is 5.91 Å². The monoisotopic (exact) mass is 536 g/mol. The van der Waals surface area contributed by atoms with E-state index in [2.05, 4.69) is 15.2 Å². The molecule has 2 unspecified atom stereocenters. The van der Waals surface area contributed by atoms with Crippen molar-refractivity contribution >= 4 is 23.3 Å². The number of carbonyl (C=O) groups is 1. The van der Waals surface area contributed by atoms with Gasteiger partial charge in [0.1, 0.15) is 23.9 Å². The molecule has 2 aromatic rings. The van der Waals surface area contributed by atoms with Gasteiger partial charge in [0.15, 0.2) is 6.17 Å². The Morgan fingerprint density at radius 1 is 1.16 bits per heavy atom. The van der Waals surface area contributed by atoms with Gasteiger partial charge in [-0.05, 0) is 75.1 Å². The summed E-state index contributed by atoms with van der Waals surface area (Å²) in [6.07, 6.45) is 4.82. The number of alkyl halides is 1. The number of aliphatic imine (C=N–C) groups is 1. The molecule has 1 amide bonds. The lowest BCUT2D eigenvalue weighted by molar-refractivity contribution is -0.126. The molecule has 37 heavy (non-hydrogen) atoms. The van der Waals surface area contributed by atoms with E-state index in [9.17, 15) is 13.6 Å². The Kier molecular flexibility index (Phi) is 10.4. The Morgan fingerprint density at radius 3 is 2.57 bits per heavy atom. The molecule has 0 aromatic heterocycles. The van der Waals surface area contributed by atoms with Crippen molar-refractivity contribution in [1.82, 2.24) is 10.2 Å². The summed E-state index contributed by atoms with van der Waals surface area (Å²) in [6.45, 7) is 5.90. The number of nitrogens with zero attached hydrogens (tertiary/aromatic N) is 2. The molecule has 2 aliphatic rings. The number of benzene rings is 2. The molecule has 4 rings (SSSR count). The molecule has 2 heterocycles. The van der Waals surface area contributed by atoms with Gasteiger partial charge in [0.05, 0.1) is 25.4 Å².